The zero-order valence-electron chi connectivity index (χ0n) is 6.14. The molecule has 0 aliphatic heterocycles. The summed E-state index contributed by atoms with van der Waals surface area (Å²) in [5, 5.41) is 0. The van der Waals surface area contributed by atoms with Gasteiger partial charge in [-0.25, -0.2) is 0 Å². The van der Waals surface area contributed by atoms with Crippen LogP contribution >= 0.6 is 23.2 Å². The van der Waals surface area contributed by atoms with Crippen LogP contribution in [0.5, 0.6) is 0 Å². The van der Waals surface area contributed by atoms with Crippen molar-refractivity contribution in [3.8, 4) is 0 Å². The summed E-state index contributed by atoms with van der Waals surface area (Å²) in [5.41, 5.74) is 2.23. The highest BCUT2D eigenvalue weighted by molar-refractivity contribution is 6.57. The first-order valence-corrected chi connectivity index (χ1v) is 4.03. The fraction of sp³-hybridized carbons (Fsp3) is 0.111. The van der Waals surface area contributed by atoms with Gasteiger partial charge in [0, 0.05) is 0 Å². The summed E-state index contributed by atoms with van der Waals surface area (Å²) < 4.78 is 0.288. The van der Waals surface area contributed by atoms with Gasteiger partial charge < -0.3 is 0 Å². The summed E-state index contributed by atoms with van der Waals surface area (Å²) >= 11 is 11.0. The Morgan fingerprint density at radius 2 is 2.09 bits per heavy atom. The van der Waals surface area contributed by atoms with E-state index in [4.69, 9.17) is 23.2 Å². The largest absolute Gasteiger partial charge is 0.107 e. The number of hydrogen-bond donors (Lipinski definition) is 0. The molecule has 0 atom stereocenters. The van der Waals surface area contributed by atoms with Crippen LogP contribution in [0, 0.1) is 6.92 Å². The minimum Gasteiger partial charge on any atom is -0.0709 e. The minimum atomic E-state index is 0.288. The van der Waals surface area contributed by atoms with Gasteiger partial charge in [0.15, 0.2) is 0 Å². The summed E-state index contributed by atoms with van der Waals surface area (Å²) in [6.45, 7) is 2.03. The van der Waals surface area contributed by atoms with E-state index >= 15 is 0 Å². The van der Waals surface area contributed by atoms with Crippen LogP contribution in [0.25, 0.3) is 6.08 Å². The average molecular weight is 187 g/mol. The molecule has 11 heavy (non-hydrogen) atoms. The molecule has 0 spiro atoms. The molecule has 0 aliphatic rings. The molecule has 0 unspecified atom stereocenters. The van der Waals surface area contributed by atoms with E-state index in [0.717, 1.165) is 5.56 Å². The molecule has 0 nitrogen and oxygen atoms in total. The first kappa shape index (κ1) is 8.63. The standard InChI is InChI=1S/C9H8Cl2/c1-7-3-2-4-8(5-7)6-9(10)11/h2-6H,1H3. The molecule has 0 aromatic heterocycles. The van der Waals surface area contributed by atoms with E-state index < -0.39 is 0 Å². The second-order valence-corrected chi connectivity index (χ2v) is 3.36. The summed E-state index contributed by atoms with van der Waals surface area (Å²) in [6, 6.07) is 7.97. The van der Waals surface area contributed by atoms with Crippen molar-refractivity contribution in [3.63, 3.8) is 0 Å². The molecule has 0 fully saturated rings. The molecule has 0 aliphatic carbocycles. The van der Waals surface area contributed by atoms with Crippen LogP contribution in [0.1, 0.15) is 11.1 Å². The Morgan fingerprint density at radius 1 is 1.36 bits per heavy atom. The number of hydrogen-bond acceptors (Lipinski definition) is 0. The van der Waals surface area contributed by atoms with Crippen LogP contribution in [0.3, 0.4) is 0 Å². The molecule has 2 heteroatoms. The van der Waals surface area contributed by atoms with Gasteiger partial charge in [-0.15, -0.1) is 0 Å². The number of benzene rings is 1. The molecular weight excluding hydrogens is 179 g/mol. The van der Waals surface area contributed by atoms with Gasteiger partial charge in [0.05, 0.1) is 0 Å². The minimum absolute atomic E-state index is 0.288. The highest BCUT2D eigenvalue weighted by Crippen LogP contribution is 2.14. The van der Waals surface area contributed by atoms with Crippen LogP contribution in [0.2, 0.25) is 0 Å². The van der Waals surface area contributed by atoms with Gasteiger partial charge in [-0.3, -0.25) is 0 Å². The maximum Gasteiger partial charge on any atom is 0.107 e. The molecule has 1 aromatic rings. The molecule has 0 saturated carbocycles. The van der Waals surface area contributed by atoms with Crippen molar-refractivity contribution < 1.29 is 0 Å². The normalized spacial score (nSPS) is 9.36. The van der Waals surface area contributed by atoms with Gasteiger partial charge in [0.25, 0.3) is 0 Å². The van der Waals surface area contributed by atoms with Crippen molar-refractivity contribution >= 4 is 29.3 Å². The first-order valence-electron chi connectivity index (χ1n) is 3.28. The highest BCUT2D eigenvalue weighted by Gasteiger charge is 1.89. The number of rotatable bonds is 1. The lowest BCUT2D eigenvalue weighted by Gasteiger charge is -1.94. The second kappa shape index (κ2) is 3.80. The van der Waals surface area contributed by atoms with E-state index in [1.807, 2.05) is 31.2 Å². The molecule has 0 saturated heterocycles. The number of aryl methyl sites for hydroxylation is 1. The van der Waals surface area contributed by atoms with Crippen molar-refractivity contribution in [1.82, 2.24) is 0 Å². The topological polar surface area (TPSA) is 0 Å². The van der Waals surface area contributed by atoms with E-state index in [2.05, 4.69) is 0 Å². The molecule has 0 bridgehead atoms. The lowest BCUT2D eigenvalue weighted by Crippen LogP contribution is -1.73. The van der Waals surface area contributed by atoms with Gasteiger partial charge in [-0.05, 0) is 18.6 Å². The van der Waals surface area contributed by atoms with Crippen molar-refractivity contribution in [2.75, 3.05) is 0 Å². The average Bonchev–Trinajstić information content (AvgIpc) is 1.85. The fourth-order valence-corrected chi connectivity index (χ4v) is 1.14. The molecule has 0 amide bonds. The third-order valence-electron chi connectivity index (χ3n) is 1.32. The number of halogens is 2. The molecule has 1 aromatic carbocycles. The van der Waals surface area contributed by atoms with Gasteiger partial charge >= 0.3 is 0 Å². The van der Waals surface area contributed by atoms with E-state index in [0.29, 0.717) is 0 Å². The first-order chi connectivity index (χ1) is 5.18. The summed E-state index contributed by atoms with van der Waals surface area (Å²) in [7, 11) is 0. The zero-order chi connectivity index (χ0) is 8.27. The van der Waals surface area contributed by atoms with Crippen LogP contribution in [-0.2, 0) is 0 Å². The Hall–Kier alpha value is -0.460. The molecule has 58 valence electrons. The van der Waals surface area contributed by atoms with Crippen molar-refractivity contribution in [2.24, 2.45) is 0 Å². The maximum absolute atomic E-state index is 5.49. The Labute approximate surface area is 76.4 Å². The van der Waals surface area contributed by atoms with Crippen LogP contribution < -0.4 is 0 Å². The van der Waals surface area contributed by atoms with Crippen LogP contribution in [0.4, 0.5) is 0 Å². The molecule has 0 N–H and O–H groups in total. The monoisotopic (exact) mass is 186 g/mol. The van der Waals surface area contributed by atoms with Gasteiger partial charge in [0.2, 0.25) is 0 Å². The fourth-order valence-electron chi connectivity index (χ4n) is 0.886. The van der Waals surface area contributed by atoms with Crippen molar-refractivity contribution in [3.05, 3.63) is 39.9 Å². The SMILES string of the molecule is Cc1cccc(C=C(Cl)Cl)c1. The van der Waals surface area contributed by atoms with Crippen LogP contribution in [0.15, 0.2) is 28.8 Å². The van der Waals surface area contributed by atoms with Gasteiger partial charge in [-0.1, -0.05) is 53.0 Å². The zero-order valence-corrected chi connectivity index (χ0v) is 7.65. The Balaban J connectivity index is 2.97. The highest BCUT2D eigenvalue weighted by atomic mass is 35.5. The van der Waals surface area contributed by atoms with Gasteiger partial charge in [0.1, 0.15) is 4.49 Å². The predicted molar refractivity (Wildman–Crippen MR) is 50.9 cm³/mol. The Kier molecular flexibility index (Phi) is 2.98. The summed E-state index contributed by atoms with van der Waals surface area (Å²) in [5.74, 6) is 0. The molecule has 0 heterocycles. The predicted octanol–water partition coefficient (Wildman–Crippen LogP) is 3.77. The third-order valence-corrected chi connectivity index (χ3v) is 1.54. The van der Waals surface area contributed by atoms with E-state index in [1.54, 1.807) is 6.08 Å². The van der Waals surface area contributed by atoms with Gasteiger partial charge in [-0.2, -0.15) is 0 Å². The smallest absolute Gasteiger partial charge is 0.0709 e. The quantitative estimate of drug-likeness (QED) is 0.627. The van der Waals surface area contributed by atoms with Crippen molar-refractivity contribution in [2.45, 2.75) is 6.92 Å². The molecule has 1 rings (SSSR count). The maximum atomic E-state index is 5.49. The Bertz CT molecular complexity index is 273. The van der Waals surface area contributed by atoms with E-state index in [-0.39, 0.29) is 4.49 Å². The third kappa shape index (κ3) is 2.96. The summed E-state index contributed by atoms with van der Waals surface area (Å²) in [6.07, 6.45) is 1.72. The lowest BCUT2D eigenvalue weighted by atomic mass is 10.1. The van der Waals surface area contributed by atoms with Crippen LogP contribution in [-0.4, -0.2) is 0 Å². The molecular formula is C9H8Cl2. The summed E-state index contributed by atoms with van der Waals surface area (Å²) in [4.78, 5) is 0. The molecule has 0 radical (unpaired) electrons. The Morgan fingerprint density at radius 3 is 2.64 bits per heavy atom. The second-order valence-electron chi connectivity index (χ2n) is 2.35. The van der Waals surface area contributed by atoms with Crippen molar-refractivity contribution in [1.29, 1.82) is 0 Å². The van der Waals surface area contributed by atoms with E-state index in [1.165, 1.54) is 5.56 Å². The van der Waals surface area contributed by atoms with E-state index in [9.17, 15) is 0 Å². The lowest BCUT2D eigenvalue weighted by molar-refractivity contribution is 1.46.